The van der Waals surface area contributed by atoms with Crippen molar-refractivity contribution in [2.75, 3.05) is 13.6 Å². The first-order valence-corrected chi connectivity index (χ1v) is 7.81. The lowest BCUT2D eigenvalue weighted by Gasteiger charge is -2.11. The van der Waals surface area contributed by atoms with Crippen LogP contribution in [-0.2, 0) is 13.0 Å². The van der Waals surface area contributed by atoms with Gasteiger partial charge in [0.25, 0.3) is 0 Å². The molecule has 0 amide bonds. The number of nitrogens with zero attached hydrogens (tertiary/aromatic N) is 2. The molecule has 21 heavy (non-hydrogen) atoms. The number of benzene rings is 1. The summed E-state index contributed by atoms with van der Waals surface area (Å²) in [6.45, 7) is 8.32. The van der Waals surface area contributed by atoms with Crippen LogP contribution in [0.4, 0.5) is 0 Å². The summed E-state index contributed by atoms with van der Waals surface area (Å²) in [5, 5.41) is 8.71. The molecular formula is C17H24ClN3. The number of nitrogens with one attached hydrogen (secondary N) is 1. The smallest absolute Gasteiger partial charge is 0.0663 e. The molecule has 0 aliphatic carbocycles. The molecule has 2 aromatic rings. The second kappa shape index (κ2) is 7.10. The second-order valence-electron chi connectivity index (χ2n) is 5.80. The van der Waals surface area contributed by atoms with E-state index in [1.54, 1.807) is 0 Å². The molecule has 1 heterocycles. The number of aromatic nitrogens is 2. The molecule has 1 atom stereocenters. The number of hydrogen-bond acceptors (Lipinski definition) is 2. The van der Waals surface area contributed by atoms with Gasteiger partial charge in [0.2, 0.25) is 0 Å². The van der Waals surface area contributed by atoms with Gasteiger partial charge in [0, 0.05) is 10.7 Å². The first-order valence-electron chi connectivity index (χ1n) is 7.43. The zero-order valence-electron chi connectivity index (χ0n) is 13.3. The molecule has 1 N–H and O–H groups in total. The van der Waals surface area contributed by atoms with Crippen molar-refractivity contribution < 1.29 is 0 Å². The van der Waals surface area contributed by atoms with Crippen molar-refractivity contribution in [1.29, 1.82) is 0 Å². The molecule has 0 spiro atoms. The Hall–Kier alpha value is -1.32. The summed E-state index contributed by atoms with van der Waals surface area (Å²) >= 11 is 6.05. The van der Waals surface area contributed by atoms with Gasteiger partial charge in [-0.1, -0.05) is 30.7 Å². The highest BCUT2D eigenvalue weighted by Gasteiger charge is 2.14. The molecule has 0 aliphatic rings. The maximum Gasteiger partial charge on any atom is 0.0663 e. The van der Waals surface area contributed by atoms with E-state index in [4.69, 9.17) is 16.7 Å². The summed E-state index contributed by atoms with van der Waals surface area (Å²) in [5.41, 5.74) is 4.95. The van der Waals surface area contributed by atoms with E-state index in [9.17, 15) is 0 Å². The minimum absolute atomic E-state index is 0.608. The lowest BCUT2D eigenvalue weighted by Crippen LogP contribution is -2.18. The summed E-state index contributed by atoms with van der Waals surface area (Å²) in [6.07, 6.45) is 1.06. The Labute approximate surface area is 132 Å². The Bertz CT molecular complexity index is 604. The van der Waals surface area contributed by atoms with Crippen molar-refractivity contribution in [3.8, 4) is 0 Å². The molecule has 2 rings (SSSR count). The van der Waals surface area contributed by atoms with Gasteiger partial charge >= 0.3 is 0 Å². The fraction of sp³-hybridized carbons (Fsp3) is 0.471. The van der Waals surface area contributed by atoms with Gasteiger partial charge in [0.1, 0.15) is 0 Å². The number of rotatable bonds is 6. The fourth-order valence-corrected chi connectivity index (χ4v) is 2.97. The van der Waals surface area contributed by atoms with Gasteiger partial charge in [-0.25, -0.2) is 0 Å². The summed E-state index contributed by atoms with van der Waals surface area (Å²) in [7, 11) is 2.00. The minimum atomic E-state index is 0.608. The average Bonchev–Trinajstić information content (AvgIpc) is 2.67. The van der Waals surface area contributed by atoms with Gasteiger partial charge < -0.3 is 5.32 Å². The van der Waals surface area contributed by atoms with Crippen LogP contribution in [0.15, 0.2) is 24.3 Å². The van der Waals surface area contributed by atoms with E-state index in [0.717, 1.165) is 30.2 Å². The van der Waals surface area contributed by atoms with Crippen LogP contribution in [0.2, 0.25) is 5.02 Å². The van der Waals surface area contributed by atoms with Gasteiger partial charge in [0.15, 0.2) is 0 Å². The van der Waals surface area contributed by atoms with Crippen molar-refractivity contribution in [3.63, 3.8) is 0 Å². The third-order valence-corrected chi connectivity index (χ3v) is 4.09. The van der Waals surface area contributed by atoms with E-state index in [1.807, 2.05) is 25.2 Å². The first kappa shape index (κ1) is 16.1. The van der Waals surface area contributed by atoms with Crippen LogP contribution in [0.5, 0.6) is 0 Å². The van der Waals surface area contributed by atoms with Gasteiger partial charge in [0.05, 0.1) is 12.2 Å². The van der Waals surface area contributed by atoms with Crippen LogP contribution in [0.25, 0.3) is 0 Å². The van der Waals surface area contributed by atoms with E-state index in [2.05, 4.69) is 36.8 Å². The van der Waals surface area contributed by atoms with Crippen molar-refractivity contribution >= 4 is 11.6 Å². The Morgan fingerprint density at radius 1 is 1.33 bits per heavy atom. The fourth-order valence-electron chi connectivity index (χ4n) is 2.76. The normalized spacial score (nSPS) is 12.6. The summed E-state index contributed by atoms with van der Waals surface area (Å²) < 4.78 is 2.09. The van der Waals surface area contributed by atoms with E-state index >= 15 is 0 Å². The number of aryl methyl sites for hydroxylation is 1. The van der Waals surface area contributed by atoms with Crippen LogP contribution in [-0.4, -0.2) is 23.4 Å². The summed E-state index contributed by atoms with van der Waals surface area (Å²) in [4.78, 5) is 0. The maximum atomic E-state index is 6.05. The lowest BCUT2D eigenvalue weighted by atomic mass is 9.99. The van der Waals surface area contributed by atoms with Crippen LogP contribution < -0.4 is 5.32 Å². The summed E-state index contributed by atoms with van der Waals surface area (Å²) in [5.74, 6) is 0.608. The number of hydrogen-bond donors (Lipinski definition) is 1. The molecule has 0 fully saturated rings. The van der Waals surface area contributed by atoms with Gasteiger partial charge in [-0.2, -0.15) is 5.10 Å². The molecule has 0 bridgehead atoms. The van der Waals surface area contributed by atoms with Crippen LogP contribution in [0, 0.1) is 19.8 Å². The molecule has 0 saturated heterocycles. The molecule has 1 aromatic heterocycles. The molecule has 3 nitrogen and oxygen atoms in total. The predicted octanol–water partition coefficient (Wildman–Crippen LogP) is 3.60. The minimum Gasteiger partial charge on any atom is -0.319 e. The lowest BCUT2D eigenvalue weighted by molar-refractivity contribution is 0.538. The third kappa shape index (κ3) is 4.08. The second-order valence-corrected chi connectivity index (χ2v) is 6.24. The largest absolute Gasteiger partial charge is 0.319 e. The van der Waals surface area contributed by atoms with Crippen LogP contribution >= 0.6 is 11.6 Å². The average molecular weight is 306 g/mol. The van der Waals surface area contributed by atoms with E-state index in [-0.39, 0.29) is 0 Å². The Balaban J connectivity index is 2.18. The molecule has 114 valence electrons. The standard InChI is InChI=1S/C17H24ClN3/c1-12(10-19-4)8-17-13(2)20-21(14(17)3)11-15-6-5-7-16(18)9-15/h5-7,9,12,19H,8,10-11H2,1-4H3. The molecule has 0 saturated carbocycles. The zero-order chi connectivity index (χ0) is 15.4. The van der Waals surface area contributed by atoms with Crippen molar-refractivity contribution in [2.45, 2.75) is 33.7 Å². The third-order valence-electron chi connectivity index (χ3n) is 3.86. The highest BCUT2D eigenvalue weighted by atomic mass is 35.5. The molecule has 0 radical (unpaired) electrons. The maximum absolute atomic E-state index is 6.05. The van der Waals surface area contributed by atoms with Crippen LogP contribution in [0.3, 0.4) is 0 Å². The molecular weight excluding hydrogens is 282 g/mol. The molecule has 0 aliphatic heterocycles. The molecule has 1 unspecified atom stereocenters. The van der Waals surface area contributed by atoms with Crippen molar-refractivity contribution in [1.82, 2.24) is 15.1 Å². The van der Waals surface area contributed by atoms with E-state index in [1.165, 1.54) is 16.8 Å². The number of halogens is 1. The monoisotopic (exact) mass is 305 g/mol. The van der Waals surface area contributed by atoms with Gasteiger partial charge in [-0.15, -0.1) is 0 Å². The molecule has 1 aromatic carbocycles. The predicted molar refractivity (Wildman–Crippen MR) is 89.0 cm³/mol. The molecule has 4 heteroatoms. The topological polar surface area (TPSA) is 29.9 Å². The van der Waals surface area contributed by atoms with Gasteiger partial charge in [-0.3, -0.25) is 4.68 Å². The quantitative estimate of drug-likeness (QED) is 0.883. The first-order chi connectivity index (χ1) is 10.0. The highest BCUT2D eigenvalue weighted by Crippen LogP contribution is 2.19. The van der Waals surface area contributed by atoms with E-state index in [0.29, 0.717) is 5.92 Å². The Kier molecular flexibility index (Phi) is 5.43. The van der Waals surface area contributed by atoms with Gasteiger partial charge in [-0.05, 0) is 63.0 Å². The SMILES string of the molecule is CNCC(C)Cc1c(C)nn(Cc2cccc(Cl)c2)c1C. The zero-order valence-corrected chi connectivity index (χ0v) is 14.0. The Morgan fingerprint density at radius 2 is 2.10 bits per heavy atom. The van der Waals surface area contributed by atoms with Crippen molar-refractivity contribution in [3.05, 3.63) is 51.8 Å². The highest BCUT2D eigenvalue weighted by molar-refractivity contribution is 6.30. The summed E-state index contributed by atoms with van der Waals surface area (Å²) in [6, 6.07) is 7.98. The van der Waals surface area contributed by atoms with E-state index < -0.39 is 0 Å². The Morgan fingerprint density at radius 3 is 2.76 bits per heavy atom. The van der Waals surface area contributed by atoms with Crippen LogP contribution in [0.1, 0.15) is 29.4 Å². The van der Waals surface area contributed by atoms with Crippen molar-refractivity contribution in [2.24, 2.45) is 5.92 Å².